The molecule has 7 nitrogen and oxygen atoms in total. The topological polar surface area (TPSA) is 87.5 Å². The SMILES string of the molecule is Cc1cc(NC(=O)N2CC(C)CC(C(=O)O)C2)nn1-c1cccc(F)c1. The van der Waals surface area contributed by atoms with Gasteiger partial charge in [0.2, 0.25) is 0 Å². The van der Waals surface area contributed by atoms with Gasteiger partial charge < -0.3 is 10.0 Å². The van der Waals surface area contributed by atoms with Crippen LogP contribution in [-0.4, -0.2) is 44.9 Å². The molecule has 2 N–H and O–H groups in total. The Morgan fingerprint density at radius 1 is 1.31 bits per heavy atom. The summed E-state index contributed by atoms with van der Waals surface area (Å²) in [6, 6.07) is 7.32. The van der Waals surface area contributed by atoms with Gasteiger partial charge in [0.25, 0.3) is 0 Å². The number of likely N-dealkylation sites (tertiary alicyclic amines) is 1. The number of rotatable bonds is 3. The van der Waals surface area contributed by atoms with Crippen molar-refractivity contribution in [2.45, 2.75) is 20.3 Å². The first-order chi connectivity index (χ1) is 12.3. The number of hydrogen-bond donors (Lipinski definition) is 2. The van der Waals surface area contributed by atoms with Crippen LogP contribution in [0.5, 0.6) is 0 Å². The lowest BCUT2D eigenvalue weighted by Gasteiger charge is -2.34. The summed E-state index contributed by atoms with van der Waals surface area (Å²) in [5.74, 6) is -1.37. The molecule has 8 heteroatoms. The van der Waals surface area contributed by atoms with Crippen LogP contribution in [0.25, 0.3) is 5.69 Å². The summed E-state index contributed by atoms with van der Waals surface area (Å²) in [4.78, 5) is 25.3. The monoisotopic (exact) mass is 360 g/mol. The molecule has 1 aliphatic heterocycles. The number of piperidine rings is 1. The van der Waals surface area contributed by atoms with Crippen LogP contribution in [0.15, 0.2) is 30.3 Å². The van der Waals surface area contributed by atoms with E-state index in [1.807, 2.05) is 6.92 Å². The predicted molar refractivity (Wildman–Crippen MR) is 93.8 cm³/mol. The Balaban J connectivity index is 1.74. The fraction of sp³-hybridized carbons (Fsp3) is 0.389. The first kappa shape index (κ1) is 17.9. The van der Waals surface area contributed by atoms with Crippen molar-refractivity contribution < 1.29 is 19.1 Å². The van der Waals surface area contributed by atoms with Gasteiger partial charge in [-0.15, -0.1) is 5.10 Å². The highest BCUT2D eigenvalue weighted by Gasteiger charge is 2.32. The molecule has 1 aromatic carbocycles. The van der Waals surface area contributed by atoms with Gasteiger partial charge >= 0.3 is 12.0 Å². The van der Waals surface area contributed by atoms with E-state index in [9.17, 15) is 19.1 Å². The molecular weight excluding hydrogens is 339 g/mol. The van der Waals surface area contributed by atoms with E-state index in [0.717, 1.165) is 5.69 Å². The average Bonchev–Trinajstić information content (AvgIpc) is 2.94. The average molecular weight is 360 g/mol. The number of urea groups is 1. The number of nitrogens with zero attached hydrogens (tertiary/aromatic N) is 3. The maximum atomic E-state index is 13.4. The largest absolute Gasteiger partial charge is 0.481 e. The molecule has 1 fully saturated rings. The lowest BCUT2D eigenvalue weighted by atomic mass is 9.91. The third kappa shape index (κ3) is 3.84. The van der Waals surface area contributed by atoms with Crippen molar-refractivity contribution in [3.8, 4) is 5.69 Å². The lowest BCUT2D eigenvalue weighted by molar-refractivity contribution is -0.143. The third-order valence-electron chi connectivity index (χ3n) is 4.47. The molecule has 1 saturated heterocycles. The summed E-state index contributed by atoms with van der Waals surface area (Å²) in [7, 11) is 0. The summed E-state index contributed by atoms with van der Waals surface area (Å²) in [5, 5.41) is 16.2. The second kappa shape index (κ2) is 7.15. The Kier molecular flexibility index (Phi) is 4.92. The molecule has 3 rings (SSSR count). The predicted octanol–water partition coefficient (Wildman–Crippen LogP) is 2.89. The van der Waals surface area contributed by atoms with Crippen molar-refractivity contribution in [3.05, 3.63) is 41.8 Å². The molecule has 0 aliphatic carbocycles. The first-order valence-corrected chi connectivity index (χ1v) is 8.45. The van der Waals surface area contributed by atoms with Crippen molar-refractivity contribution >= 4 is 17.8 Å². The van der Waals surface area contributed by atoms with Gasteiger partial charge in [0.1, 0.15) is 5.82 Å². The van der Waals surface area contributed by atoms with Gasteiger partial charge in [-0.25, -0.2) is 13.9 Å². The molecule has 1 aliphatic rings. The molecule has 138 valence electrons. The highest BCUT2D eigenvalue weighted by atomic mass is 19.1. The number of nitrogens with one attached hydrogen (secondary N) is 1. The minimum Gasteiger partial charge on any atom is -0.481 e. The highest BCUT2D eigenvalue weighted by Crippen LogP contribution is 2.23. The number of aryl methyl sites for hydroxylation is 1. The van der Waals surface area contributed by atoms with Crippen LogP contribution >= 0.6 is 0 Å². The molecule has 26 heavy (non-hydrogen) atoms. The molecule has 0 bridgehead atoms. The van der Waals surface area contributed by atoms with Crippen LogP contribution in [0.2, 0.25) is 0 Å². The summed E-state index contributed by atoms with van der Waals surface area (Å²) in [6.45, 7) is 4.41. The Morgan fingerprint density at radius 3 is 2.77 bits per heavy atom. The maximum Gasteiger partial charge on any atom is 0.323 e. The fourth-order valence-corrected chi connectivity index (χ4v) is 3.29. The molecule has 0 spiro atoms. The summed E-state index contributed by atoms with van der Waals surface area (Å²) in [6.07, 6.45) is 0.562. The zero-order chi connectivity index (χ0) is 18.8. The van der Waals surface area contributed by atoms with Gasteiger partial charge in [0.05, 0.1) is 11.6 Å². The van der Waals surface area contributed by atoms with E-state index in [-0.39, 0.29) is 24.3 Å². The Hall–Kier alpha value is -2.90. The van der Waals surface area contributed by atoms with Gasteiger partial charge in [-0.05, 0) is 37.5 Å². The number of carbonyl (C=O) groups excluding carboxylic acids is 1. The first-order valence-electron chi connectivity index (χ1n) is 8.45. The van der Waals surface area contributed by atoms with Crippen molar-refractivity contribution in [3.63, 3.8) is 0 Å². The van der Waals surface area contributed by atoms with Crippen molar-refractivity contribution in [1.29, 1.82) is 0 Å². The number of aromatic nitrogens is 2. The van der Waals surface area contributed by atoms with Gasteiger partial charge in [0.15, 0.2) is 5.82 Å². The molecule has 2 aromatic rings. The number of benzene rings is 1. The summed E-state index contributed by atoms with van der Waals surface area (Å²) < 4.78 is 15.0. The van der Waals surface area contributed by atoms with E-state index >= 15 is 0 Å². The Morgan fingerprint density at radius 2 is 2.08 bits per heavy atom. The van der Waals surface area contributed by atoms with Gasteiger partial charge in [-0.1, -0.05) is 13.0 Å². The van der Waals surface area contributed by atoms with Gasteiger partial charge in [0, 0.05) is 24.8 Å². The van der Waals surface area contributed by atoms with Crippen LogP contribution in [0.1, 0.15) is 19.0 Å². The number of carbonyl (C=O) groups is 2. The highest BCUT2D eigenvalue weighted by molar-refractivity contribution is 5.89. The second-order valence-electron chi connectivity index (χ2n) is 6.77. The minimum atomic E-state index is -0.888. The van der Waals surface area contributed by atoms with Crippen LogP contribution in [-0.2, 0) is 4.79 Å². The molecule has 2 atom stereocenters. The zero-order valence-corrected chi connectivity index (χ0v) is 14.6. The van der Waals surface area contributed by atoms with E-state index in [2.05, 4.69) is 10.4 Å². The smallest absolute Gasteiger partial charge is 0.323 e. The van der Waals surface area contributed by atoms with Gasteiger partial charge in [-0.3, -0.25) is 10.1 Å². The normalized spacial score (nSPS) is 20.0. The number of aliphatic carboxylic acids is 1. The lowest BCUT2D eigenvalue weighted by Crippen LogP contribution is -2.47. The maximum absolute atomic E-state index is 13.4. The van der Waals surface area contributed by atoms with Crippen molar-refractivity contribution in [1.82, 2.24) is 14.7 Å². The van der Waals surface area contributed by atoms with Crippen LogP contribution in [0, 0.1) is 24.6 Å². The number of halogens is 1. The third-order valence-corrected chi connectivity index (χ3v) is 4.47. The Labute approximate surface area is 150 Å². The van der Waals surface area contributed by atoms with Crippen molar-refractivity contribution in [2.24, 2.45) is 11.8 Å². The summed E-state index contributed by atoms with van der Waals surface area (Å²) >= 11 is 0. The number of anilines is 1. The standard InChI is InChI=1S/C18H21FN4O3/c1-11-6-13(17(24)25)10-22(9-11)18(26)20-16-7-12(2)23(21-16)15-5-3-4-14(19)8-15/h3-5,7-8,11,13H,6,9-10H2,1-2H3,(H,24,25)(H,20,21,26). The molecular formula is C18H21FN4O3. The van der Waals surface area contributed by atoms with E-state index in [1.165, 1.54) is 21.7 Å². The quantitative estimate of drug-likeness (QED) is 0.881. The van der Waals surface area contributed by atoms with E-state index < -0.39 is 11.9 Å². The molecule has 2 heterocycles. The van der Waals surface area contributed by atoms with Crippen LogP contribution < -0.4 is 5.32 Å². The van der Waals surface area contributed by atoms with Gasteiger partial charge in [-0.2, -0.15) is 0 Å². The number of carboxylic acids is 1. The molecule has 1 aromatic heterocycles. The number of carboxylic acid groups (broad SMARTS) is 1. The molecule has 0 saturated carbocycles. The molecule has 2 unspecified atom stereocenters. The zero-order valence-electron chi connectivity index (χ0n) is 14.6. The van der Waals surface area contributed by atoms with Crippen molar-refractivity contribution in [2.75, 3.05) is 18.4 Å². The second-order valence-corrected chi connectivity index (χ2v) is 6.77. The molecule has 2 amide bonds. The van der Waals surface area contributed by atoms with Crippen LogP contribution in [0.3, 0.4) is 0 Å². The fourth-order valence-electron chi connectivity index (χ4n) is 3.29. The van der Waals surface area contributed by atoms with E-state index in [0.29, 0.717) is 24.5 Å². The Bertz CT molecular complexity index is 836. The minimum absolute atomic E-state index is 0.113. The number of hydrogen-bond acceptors (Lipinski definition) is 3. The van der Waals surface area contributed by atoms with E-state index in [1.54, 1.807) is 25.1 Å². The molecule has 0 radical (unpaired) electrons. The summed E-state index contributed by atoms with van der Waals surface area (Å²) in [5.41, 5.74) is 1.29. The van der Waals surface area contributed by atoms with Crippen LogP contribution in [0.4, 0.5) is 15.0 Å². The number of amides is 2. The van der Waals surface area contributed by atoms with E-state index in [4.69, 9.17) is 0 Å².